The lowest BCUT2D eigenvalue weighted by Gasteiger charge is -2.09. The smallest absolute Gasteiger partial charge is 0.189 e. The van der Waals surface area contributed by atoms with Gasteiger partial charge >= 0.3 is 0 Å². The molecule has 0 fully saturated rings. The predicted octanol–water partition coefficient (Wildman–Crippen LogP) is 3.70. The molecule has 0 atom stereocenters. The second-order valence-corrected chi connectivity index (χ2v) is 5.67. The molecule has 0 saturated carbocycles. The first kappa shape index (κ1) is 16.2. The van der Waals surface area contributed by atoms with Crippen molar-refractivity contribution in [3.05, 3.63) is 53.6 Å². The molecule has 2 N–H and O–H groups in total. The fourth-order valence-corrected chi connectivity index (χ4v) is 2.01. The summed E-state index contributed by atoms with van der Waals surface area (Å²) >= 11 is 0. The SMILES string of the molecule is CC(C)COCOc1ccc(Cc2ccc(O)c(O)c2)cc1. The van der Waals surface area contributed by atoms with Gasteiger partial charge in [0.2, 0.25) is 0 Å². The van der Waals surface area contributed by atoms with E-state index in [9.17, 15) is 10.2 Å². The predicted molar refractivity (Wildman–Crippen MR) is 85.3 cm³/mol. The summed E-state index contributed by atoms with van der Waals surface area (Å²) in [7, 11) is 0. The average molecular weight is 302 g/mol. The molecule has 22 heavy (non-hydrogen) atoms. The molecule has 0 spiro atoms. The Kier molecular flexibility index (Phi) is 5.67. The lowest BCUT2D eigenvalue weighted by atomic mass is 10.0. The molecular formula is C18H22O4. The van der Waals surface area contributed by atoms with Gasteiger partial charge in [0.15, 0.2) is 18.3 Å². The fraction of sp³-hybridized carbons (Fsp3) is 0.333. The molecule has 2 aromatic carbocycles. The van der Waals surface area contributed by atoms with E-state index in [2.05, 4.69) is 13.8 Å². The van der Waals surface area contributed by atoms with Gasteiger partial charge in [0, 0.05) is 0 Å². The minimum absolute atomic E-state index is 0.0974. The van der Waals surface area contributed by atoms with E-state index in [1.807, 2.05) is 24.3 Å². The van der Waals surface area contributed by atoms with E-state index in [4.69, 9.17) is 9.47 Å². The standard InChI is InChI=1S/C18H22O4/c1-13(2)11-21-12-22-16-6-3-14(4-7-16)9-15-5-8-17(19)18(20)10-15/h3-8,10,13,19-20H,9,11-12H2,1-2H3. The van der Waals surface area contributed by atoms with E-state index in [0.29, 0.717) is 18.9 Å². The van der Waals surface area contributed by atoms with Crippen LogP contribution < -0.4 is 4.74 Å². The van der Waals surface area contributed by atoms with Gasteiger partial charge in [0.25, 0.3) is 0 Å². The van der Waals surface area contributed by atoms with E-state index in [1.165, 1.54) is 6.07 Å². The van der Waals surface area contributed by atoms with Crippen LogP contribution in [0.15, 0.2) is 42.5 Å². The summed E-state index contributed by atoms with van der Waals surface area (Å²) in [6, 6.07) is 12.6. The van der Waals surface area contributed by atoms with E-state index < -0.39 is 0 Å². The maximum Gasteiger partial charge on any atom is 0.189 e. The molecule has 0 radical (unpaired) electrons. The van der Waals surface area contributed by atoms with Gasteiger partial charge in [-0.2, -0.15) is 0 Å². The zero-order chi connectivity index (χ0) is 15.9. The van der Waals surface area contributed by atoms with Gasteiger partial charge in [-0.1, -0.05) is 32.0 Å². The van der Waals surface area contributed by atoms with Crippen molar-refractivity contribution in [2.75, 3.05) is 13.4 Å². The third-order valence-electron chi connectivity index (χ3n) is 3.13. The van der Waals surface area contributed by atoms with E-state index in [0.717, 1.165) is 16.9 Å². The molecule has 0 unspecified atom stereocenters. The summed E-state index contributed by atoms with van der Waals surface area (Å²) in [5, 5.41) is 18.8. The maximum absolute atomic E-state index is 9.50. The molecule has 2 aromatic rings. The summed E-state index contributed by atoms with van der Waals surface area (Å²) in [5.74, 6) is 1.06. The number of ether oxygens (including phenoxy) is 2. The zero-order valence-corrected chi connectivity index (χ0v) is 13.0. The van der Waals surface area contributed by atoms with Crippen molar-refractivity contribution in [2.45, 2.75) is 20.3 Å². The number of phenolic OH excluding ortho intramolecular Hbond substituents is 2. The van der Waals surface area contributed by atoms with Crippen LogP contribution in [0, 0.1) is 5.92 Å². The van der Waals surface area contributed by atoms with Crippen LogP contribution in [0.5, 0.6) is 17.2 Å². The zero-order valence-electron chi connectivity index (χ0n) is 13.0. The third-order valence-corrected chi connectivity index (χ3v) is 3.13. The molecule has 0 heterocycles. The van der Waals surface area contributed by atoms with Crippen LogP contribution in [0.25, 0.3) is 0 Å². The van der Waals surface area contributed by atoms with Crippen molar-refractivity contribution in [1.29, 1.82) is 0 Å². The number of rotatable bonds is 7. The molecule has 0 aliphatic heterocycles. The minimum atomic E-state index is -0.103. The summed E-state index contributed by atoms with van der Waals surface area (Å²) in [6.45, 7) is 5.12. The molecule has 4 nitrogen and oxygen atoms in total. The minimum Gasteiger partial charge on any atom is -0.504 e. The van der Waals surface area contributed by atoms with Crippen molar-refractivity contribution in [3.8, 4) is 17.2 Å². The molecule has 2 rings (SSSR count). The largest absolute Gasteiger partial charge is 0.504 e. The van der Waals surface area contributed by atoms with Crippen molar-refractivity contribution in [3.63, 3.8) is 0 Å². The Morgan fingerprint density at radius 1 is 0.909 bits per heavy atom. The van der Waals surface area contributed by atoms with Crippen LogP contribution in [-0.2, 0) is 11.2 Å². The lowest BCUT2D eigenvalue weighted by Crippen LogP contribution is -2.07. The first-order chi connectivity index (χ1) is 10.5. The number of phenols is 2. The molecule has 118 valence electrons. The normalized spacial score (nSPS) is 10.9. The Bertz CT molecular complexity index is 591. The molecule has 0 saturated heterocycles. The number of hydrogen-bond donors (Lipinski definition) is 2. The highest BCUT2D eigenvalue weighted by Crippen LogP contribution is 2.26. The van der Waals surface area contributed by atoms with Gasteiger partial charge in [0.1, 0.15) is 5.75 Å². The van der Waals surface area contributed by atoms with Gasteiger partial charge in [-0.25, -0.2) is 0 Å². The number of hydrogen-bond acceptors (Lipinski definition) is 4. The summed E-state index contributed by atoms with van der Waals surface area (Å²) in [6.07, 6.45) is 0.679. The second kappa shape index (κ2) is 7.71. The van der Waals surface area contributed by atoms with Gasteiger partial charge < -0.3 is 19.7 Å². The topological polar surface area (TPSA) is 58.9 Å². The molecule has 0 amide bonds. The Balaban J connectivity index is 1.87. The average Bonchev–Trinajstić information content (AvgIpc) is 2.49. The van der Waals surface area contributed by atoms with Gasteiger partial charge in [-0.3, -0.25) is 0 Å². The van der Waals surface area contributed by atoms with Gasteiger partial charge in [0.05, 0.1) is 6.61 Å². The first-order valence-electron chi connectivity index (χ1n) is 7.35. The highest BCUT2D eigenvalue weighted by Gasteiger charge is 2.03. The molecular weight excluding hydrogens is 280 g/mol. The molecule has 0 aromatic heterocycles. The Morgan fingerprint density at radius 3 is 2.23 bits per heavy atom. The van der Waals surface area contributed by atoms with Gasteiger partial charge in [-0.15, -0.1) is 0 Å². The monoisotopic (exact) mass is 302 g/mol. The fourth-order valence-electron chi connectivity index (χ4n) is 2.01. The van der Waals surface area contributed by atoms with E-state index >= 15 is 0 Å². The van der Waals surface area contributed by atoms with Gasteiger partial charge in [-0.05, 0) is 47.7 Å². The van der Waals surface area contributed by atoms with Crippen LogP contribution in [0.3, 0.4) is 0 Å². The Morgan fingerprint density at radius 2 is 1.59 bits per heavy atom. The van der Waals surface area contributed by atoms with Crippen molar-refractivity contribution in [1.82, 2.24) is 0 Å². The Hall–Kier alpha value is -2.20. The third kappa shape index (κ3) is 4.97. The van der Waals surface area contributed by atoms with Crippen LogP contribution in [0.1, 0.15) is 25.0 Å². The van der Waals surface area contributed by atoms with Crippen LogP contribution in [0.2, 0.25) is 0 Å². The summed E-state index contributed by atoms with van der Waals surface area (Å²) < 4.78 is 10.9. The van der Waals surface area contributed by atoms with E-state index in [1.54, 1.807) is 12.1 Å². The molecule has 4 heteroatoms. The highest BCUT2D eigenvalue weighted by molar-refractivity contribution is 5.42. The Labute approximate surface area is 130 Å². The van der Waals surface area contributed by atoms with Crippen LogP contribution in [-0.4, -0.2) is 23.6 Å². The quantitative estimate of drug-likeness (QED) is 0.465. The first-order valence-corrected chi connectivity index (χ1v) is 7.35. The molecule has 0 aliphatic carbocycles. The summed E-state index contributed by atoms with van der Waals surface area (Å²) in [4.78, 5) is 0. The van der Waals surface area contributed by atoms with Crippen molar-refractivity contribution < 1.29 is 19.7 Å². The highest BCUT2D eigenvalue weighted by atomic mass is 16.7. The number of benzene rings is 2. The van der Waals surface area contributed by atoms with Crippen LogP contribution in [0.4, 0.5) is 0 Å². The van der Waals surface area contributed by atoms with Crippen molar-refractivity contribution >= 4 is 0 Å². The molecule has 0 bridgehead atoms. The molecule has 0 aliphatic rings. The number of aromatic hydroxyl groups is 2. The van der Waals surface area contributed by atoms with Crippen LogP contribution >= 0.6 is 0 Å². The lowest BCUT2D eigenvalue weighted by molar-refractivity contribution is 0.00272. The second-order valence-electron chi connectivity index (χ2n) is 5.67. The van der Waals surface area contributed by atoms with Crippen molar-refractivity contribution in [2.24, 2.45) is 5.92 Å². The maximum atomic E-state index is 9.50. The summed E-state index contributed by atoms with van der Waals surface area (Å²) in [5.41, 5.74) is 2.03. The van der Waals surface area contributed by atoms with E-state index in [-0.39, 0.29) is 18.3 Å².